The number of nitrogens with one attached hydrogen (secondary N) is 1. The Labute approximate surface area is 113 Å². The molecule has 3 N–H and O–H groups in total. The molecule has 0 aliphatic carbocycles. The number of carbonyl (C=O) groups excluding carboxylic acids is 1. The van der Waals surface area contributed by atoms with Gasteiger partial charge in [0.15, 0.2) is 0 Å². The molecule has 4 nitrogen and oxygen atoms in total. The fourth-order valence-electron chi connectivity index (χ4n) is 1.63. The van der Waals surface area contributed by atoms with Crippen molar-refractivity contribution in [3.8, 4) is 0 Å². The van der Waals surface area contributed by atoms with E-state index in [0.29, 0.717) is 22.8 Å². The summed E-state index contributed by atoms with van der Waals surface area (Å²) in [6.07, 6.45) is 1.56. The molecule has 0 aliphatic heterocycles. The third-order valence-electron chi connectivity index (χ3n) is 2.61. The summed E-state index contributed by atoms with van der Waals surface area (Å²) in [5, 5.41) is 3.30. The Kier molecular flexibility index (Phi) is 5.95. The molecule has 0 spiro atoms. The second-order valence-corrected chi connectivity index (χ2v) is 4.74. The molecule has 5 heteroatoms. The second-order valence-electron chi connectivity index (χ2n) is 4.34. The Morgan fingerprint density at radius 1 is 1.44 bits per heavy atom. The number of nitrogen functional groups attached to an aromatic ring is 1. The first-order valence-corrected chi connectivity index (χ1v) is 6.44. The lowest BCUT2D eigenvalue weighted by atomic mass is 10.2. The van der Waals surface area contributed by atoms with E-state index in [1.54, 1.807) is 18.2 Å². The van der Waals surface area contributed by atoms with Gasteiger partial charge in [-0.2, -0.15) is 0 Å². The lowest BCUT2D eigenvalue weighted by Gasteiger charge is -2.15. The molecule has 100 valence electrons. The Balaban J connectivity index is 2.42. The van der Waals surface area contributed by atoms with E-state index in [1.807, 2.05) is 7.05 Å². The van der Waals surface area contributed by atoms with Crippen molar-refractivity contribution in [2.45, 2.75) is 19.8 Å². The molecule has 0 saturated carbocycles. The van der Waals surface area contributed by atoms with Crippen molar-refractivity contribution in [2.75, 3.05) is 31.2 Å². The van der Waals surface area contributed by atoms with Gasteiger partial charge in [0.25, 0.3) is 0 Å². The number of amides is 1. The smallest absolute Gasteiger partial charge is 0.225 e. The lowest BCUT2D eigenvalue weighted by molar-refractivity contribution is -0.116. The summed E-state index contributed by atoms with van der Waals surface area (Å²) >= 11 is 5.81. The minimum Gasteiger partial charge on any atom is -0.397 e. The van der Waals surface area contributed by atoms with E-state index in [9.17, 15) is 4.79 Å². The fraction of sp³-hybridized carbons (Fsp3) is 0.462. The van der Waals surface area contributed by atoms with Gasteiger partial charge >= 0.3 is 0 Å². The molecule has 1 aromatic rings. The van der Waals surface area contributed by atoms with Gasteiger partial charge in [-0.3, -0.25) is 4.79 Å². The molecule has 18 heavy (non-hydrogen) atoms. The van der Waals surface area contributed by atoms with Crippen LogP contribution in [0.25, 0.3) is 0 Å². The van der Waals surface area contributed by atoms with E-state index in [1.165, 1.54) is 0 Å². The molecular weight excluding hydrogens is 250 g/mol. The summed E-state index contributed by atoms with van der Waals surface area (Å²) in [5.41, 5.74) is 6.82. The molecule has 0 unspecified atom stereocenters. The summed E-state index contributed by atoms with van der Waals surface area (Å²) in [5.74, 6) is -0.0142. The number of nitrogens with two attached hydrogens (primary N) is 1. The quantitative estimate of drug-likeness (QED) is 0.781. The van der Waals surface area contributed by atoms with E-state index in [-0.39, 0.29) is 5.91 Å². The number of nitrogens with zero attached hydrogens (tertiary/aromatic N) is 1. The third kappa shape index (κ3) is 4.94. The fourth-order valence-corrected chi connectivity index (χ4v) is 1.75. The summed E-state index contributed by atoms with van der Waals surface area (Å²) in [6.45, 7) is 3.87. The molecule has 0 fully saturated rings. The molecule has 0 heterocycles. The van der Waals surface area contributed by atoms with Crippen LogP contribution >= 0.6 is 11.6 Å². The van der Waals surface area contributed by atoms with Gasteiger partial charge < -0.3 is 16.0 Å². The lowest BCUT2D eigenvalue weighted by Crippen LogP contribution is -2.24. The Bertz CT molecular complexity index is 409. The molecule has 0 atom stereocenters. The van der Waals surface area contributed by atoms with E-state index in [4.69, 9.17) is 17.3 Å². The predicted octanol–water partition coefficient (Wildman–Crippen LogP) is 2.59. The number of halogens is 1. The van der Waals surface area contributed by atoms with Crippen LogP contribution in [0.15, 0.2) is 18.2 Å². The largest absolute Gasteiger partial charge is 0.397 e. The van der Waals surface area contributed by atoms with Crippen LogP contribution in [0.4, 0.5) is 11.4 Å². The van der Waals surface area contributed by atoms with Crippen LogP contribution < -0.4 is 11.1 Å². The standard InChI is InChI=1S/C13H20ClN3O/c1-3-7-17(2)8-6-13(18)16-10-4-5-11(14)12(15)9-10/h4-5,9H,3,6-8,15H2,1-2H3,(H,16,18). The molecule has 1 aromatic carbocycles. The summed E-state index contributed by atoms with van der Waals surface area (Å²) in [6, 6.07) is 5.08. The maximum Gasteiger partial charge on any atom is 0.225 e. The number of hydrogen-bond acceptors (Lipinski definition) is 3. The average molecular weight is 270 g/mol. The number of anilines is 2. The van der Waals surface area contributed by atoms with Crippen molar-refractivity contribution in [3.63, 3.8) is 0 Å². The highest BCUT2D eigenvalue weighted by molar-refractivity contribution is 6.33. The van der Waals surface area contributed by atoms with Crippen LogP contribution in [0, 0.1) is 0 Å². The summed E-state index contributed by atoms with van der Waals surface area (Å²) < 4.78 is 0. The van der Waals surface area contributed by atoms with Crippen molar-refractivity contribution in [1.82, 2.24) is 4.90 Å². The van der Waals surface area contributed by atoms with Gasteiger partial charge in [-0.25, -0.2) is 0 Å². The van der Waals surface area contributed by atoms with Crippen molar-refractivity contribution in [1.29, 1.82) is 0 Å². The van der Waals surface area contributed by atoms with Crippen molar-refractivity contribution >= 4 is 28.9 Å². The highest BCUT2D eigenvalue weighted by atomic mass is 35.5. The van der Waals surface area contributed by atoms with Crippen LogP contribution in [0.5, 0.6) is 0 Å². The second kappa shape index (κ2) is 7.24. The van der Waals surface area contributed by atoms with Crippen LogP contribution in [0.3, 0.4) is 0 Å². The van der Waals surface area contributed by atoms with Crippen LogP contribution in [0.1, 0.15) is 19.8 Å². The monoisotopic (exact) mass is 269 g/mol. The zero-order valence-corrected chi connectivity index (χ0v) is 11.6. The SMILES string of the molecule is CCCN(C)CCC(=O)Nc1ccc(Cl)c(N)c1. The van der Waals surface area contributed by atoms with E-state index in [2.05, 4.69) is 17.1 Å². The van der Waals surface area contributed by atoms with Gasteiger partial charge in [-0.1, -0.05) is 18.5 Å². The van der Waals surface area contributed by atoms with Gasteiger partial charge in [-0.15, -0.1) is 0 Å². The highest BCUT2D eigenvalue weighted by Gasteiger charge is 2.05. The molecule has 0 radical (unpaired) electrons. The number of benzene rings is 1. The molecule has 0 saturated heterocycles. The number of hydrogen-bond donors (Lipinski definition) is 2. The summed E-state index contributed by atoms with van der Waals surface area (Å²) in [4.78, 5) is 13.8. The van der Waals surface area contributed by atoms with Crippen molar-refractivity contribution in [3.05, 3.63) is 23.2 Å². The zero-order valence-electron chi connectivity index (χ0n) is 10.9. The minimum atomic E-state index is -0.0142. The van der Waals surface area contributed by atoms with E-state index in [0.717, 1.165) is 19.5 Å². The van der Waals surface area contributed by atoms with Gasteiger partial charge in [0.2, 0.25) is 5.91 Å². The highest BCUT2D eigenvalue weighted by Crippen LogP contribution is 2.22. The number of carbonyl (C=O) groups is 1. The molecular formula is C13H20ClN3O. The molecule has 0 bridgehead atoms. The maximum absolute atomic E-state index is 11.7. The first kappa shape index (κ1) is 14.8. The summed E-state index contributed by atoms with van der Waals surface area (Å²) in [7, 11) is 2.01. The average Bonchev–Trinajstić information content (AvgIpc) is 2.32. The van der Waals surface area contributed by atoms with Crippen LogP contribution in [-0.2, 0) is 4.79 Å². The third-order valence-corrected chi connectivity index (χ3v) is 2.95. The molecule has 0 aliphatic rings. The van der Waals surface area contributed by atoms with Crippen molar-refractivity contribution in [2.24, 2.45) is 0 Å². The van der Waals surface area contributed by atoms with Gasteiger partial charge in [0.05, 0.1) is 10.7 Å². The molecule has 1 rings (SSSR count). The zero-order chi connectivity index (χ0) is 13.5. The molecule has 0 aromatic heterocycles. The van der Waals surface area contributed by atoms with E-state index < -0.39 is 0 Å². The first-order valence-electron chi connectivity index (χ1n) is 6.06. The number of rotatable bonds is 6. The van der Waals surface area contributed by atoms with Crippen LogP contribution in [0.2, 0.25) is 5.02 Å². The van der Waals surface area contributed by atoms with Gasteiger partial charge in [0.1, 0.15) is 0 Å². The van der Waals surface area contributed by atoms with E-state index >= 15 is 0 Å². The molecule has 1 amide bonds. The van der Waals surface area contributed by atoms with Crippen molar-refractivity contribution < 1.29 is 4.79 Å². The Morgan fingerprint density at radius 2 is 2.17 bits per heavy atom. The Morgan fingerprint density at radius 3 is 2.78 bits per heavy atom. The minimum absolute atomic E-state index is 0.0142. The Hall–Kier alpha value is -1.26. The van der Waals surface area contributed by atoms with Crippen LogP contribution in [-0.4, -0.2) is 30.9 Å². The van der Waals surface area contributed by atoms with Gasteiger partial charge in [0, 0.05) is 18.7 Å². The topological polar surface area (TPSA) is 58.4 Å². The maximum atomic E-state index is 11.7. The first-order chi connectivity index (χ1) is 8.52. The van der Waals surface area contributed by atoms with Gasteiger partial charge in [-0.05, 0) is 38.2 Å². The predicted molar refractivity (Wildman–Crippen MR) is 76.9 cm³/mol. The normalized spacial score (nSPS) is 10.7.